The van der Waals surface area contributed by atoms with Crippen molar-refractivity contribution < 1.29 is 0 Å². The fourth-order valence-electron chi connectivity index (χ4n) is 7.18. The molecule has 0 atom stereocenters. The van der Waals surface area contributed by atoms with Gasteiger partial charge in [-0.1, -0.05) is 110 Å². The van der Waals surface area contributed by atoms with Crippen LogP contribution in [-0.4, -0.2) is 11.3 Å². The molecule has 8 rings (SSSR count). The first-order valence-corrected chi connectivity index (χ1v) is 16.3. The largest absolute Gasteiger partial charge is 0.335 e. The normalized spacial score (nSPS) is 13.0. The summed E-state index contributed by atoms with van der Waals surface area (Å²) in [7, 11) is 0. The Bertz CT molecular complexity index is 2340. The maximum absolute atomic E-state index is 4.34. The van der Waals surface area contributed by atoms with Gasteiger partial charge in [0.05, 0.1) is 22.4 Å². The average molecular weight is 618 g/mol. The van der Waals surface area contributed by atoms with Gasteiger partial charge in [0.1, 0.15) is 0 Å². The number of aliphatic imine (C=N–C) groups is 1. The molecule has 3 heteroatoms. The molecule has 0 fully saturated rings. The number of para-hydroxylation sites is 2. The van der Waals surface area contributed by atoms with Crippen LogP contribution in [0.1, 0.15) is 12.5 Å². The van der Waals surface area contributed by atoms with Gasteiger partial charge in [-0.2, -0.15) is 0 Å². The highest BCUT2D eigenvalue weighted by molar-refractivity contribution is 6.11. The Morgan fingerprint density at radius 2 is 1.29 bits per heavy atom. The van der Waals surface area contributed by atoms with Crippen LogP contribution in [0.4, 0.5) is 5.69 Å². The fourth-order valence-corrected chi connectivity index (χ4v) is 7.18. The molecule has 3 nitrogen and oxygen atoms in total. The smallest absolute Gasteiger partial charge is 0.0853 e. The quantitative estimate of drug-likeness (QED) is 0.129. The van der Waals surface area contributed by atoms with Crippen LogP contribution in [0.25, 0.3) is 60.9 Å². The van der Waals surface area contributed by atoms with Gasteiger partial charge in [-0.15, -0.1) is 0 Å². The number of allylic oxidation sites excluding steroid dienone is 3. The molecule has 1 aliphatic heterocycles. The molecule has 2 heterocycles. The summed E-state index contributed by atoms with van der Waals surface area (Å²) in [6.45, 7) is 10.6. The first-order valence-electron chi connectivity index (χ1n) is 16.3. The minimum Gasteiger partial charge on any atom is -0.335 e. The van der Waals surface area contributed by atoms with Crippen LogP contribution >= 0.6 is 0 Å². The SMILES string of the molecule is C=C/C(N=C)=C(\C=C/C)N1Cc2cc3c(cc2-c2ccccc21)c1ccccc1n3-c1cc(-c2ccccc2)cc(-c2ccccc2)c1. The number of hydrogen-bond acceptors (Lipinski definition) is 2. The summed E-state index contributed by atoms with van der Waals surface area (Å²) in [6, 6.07) is 50.5. The monoisotopic (exact) mass is 617 g/mol. The molecule has 6 aromatic carbocycles. The van der Waals surface area contributed by atoms with Gasteiger partial charge in [0.15, 0.2) is 0 Å². The van der Waals surface area contributed by atoms with Gasteiger partial charge in [-0.3, -0.25) is 4.99 Å². The van der Waals surface area contributed by atoms with Crippen molar-refractivity contribution in [1.29, 1.82) is 0 Å². The van der Waals surface area contributed by atoms with Gasteiger partial charge in [-0.25, -0.2) is 0 Å². The predicted octanol–water partition coefficient (Wildman–Crippen LogP) is 11.8. The zero-order chi connectivity index (χ0) is 32.6. The maximum atomic E-state index is 4.34. The molecule has 1 aliphatic rings. The molecule has 48 heavy (non-hydrogen) atoms. The summed E-state index contributed by atoms with van der Waals surface area (Å²) in [4.78, 5) is 6.68. The molecular formula is C45H35N3. The minimum absolute atomic E-state index is 0.690. The van der Waals surface area contributed by atoms with Gasteiger partial charge in [0, 0.05) is 34.3 Å². The van der Waals surface area contributed by atoms with Crippen LogP contribution in [-0.2, 0) is 6.54 Å². The Labute approximate surface area is 281 Å². The van der Waals surface area contributed by atoms with E-state index in [4.69, 9.17) is 0 Å². The number of rotatable bonds is 7. The van der Waals surface area contributed by atoms with Gasteiger partial charge >= 0.3 is 0 Å². The second-order valence-corrected chi connectivity index (χ2v) is 12.1. The molecule has 0 N–H and O–H groups in total. The lowest BCUT2D eigenvalue weighted by atomic mass is 9.91. The Morgan fingerprint density at radius 1 is 0.646 bits per heavy atom. The van der Waals surface area contributed by atoms with E-state index in [1.807, 2.05) is 13.0 Å². The standard InChI is InChI=1S/C45H35N3/c1-4-16-44(41(5-2)46-3)47-30-35-28-45-40(29-39(35)37-21-12-14-23-42(37)47)38-22-13-15-24-43(38)48(45)36-26-33(31-17-8-6-9-18-31)25-34(27-36)32-19-10-7-11-20-32/h4-29H,2-3,30H2,1H3/b16-4-,44-41-. The van der Waals surface area contributed by atoms with E-state index in [1.165, 1.54) is 60.8 Å². The van der Waals surface area contributed by atoms with Crippen molar-refractivity contribution in [2.24, 2.45) is 4.99 Å². The van der Waals surface area contributed by atoms with E-state index < -0.39 is 0 Å². The van der Waals surface area contributed by atoms with Gasteiger partial charge in [0.2, 0.25) is 0 Å². The molecule has 1 aromatic heterocycles. The molecular weight excluding hydrogens is 583 g/mol. The molecule has 0 unspecified atom stereocenters. The van der Waals surface area contributed by atoms with Crippen LogP contribution in [0.2, 0.25) is 0 Å². The third-order valence-electron chi connectivity index (χ3n) is 9.34. The zero-order valence-corrected chi connectivity index (χ0v) is 27.0. The Kier molecular flexibility index (Phi) is 7.43. The van der Waals surface area contributed by atoms with Crippen LogP contribution < -0.4 is 4.90 Å². The number of nitrogens with zero attached hydrogens (tertiary/aromatic N) is 3. The topological polar surface area (TPSA) is 20.5 Å². The Hall–Kier alpha value is -6.19. The highest BCUT2D eigenvalue weighted by Gasteiger charge is 2.27. The fraction of sp³-hybridized carbons (Fsp3) is 0.0444. The third kappa shape index (κ3) is 4.88. The van der Waals surface area contributed by atoms with Crippen molar-refractivity contribution in [3.63, 3.8) is 0 Å². The van der Waals surface area contributed by atoms with Gasteiger partial charge < -0.3 is 9.47 Å². The first kappa shape index (κ1) is 29.2. The van der Waals surface area contributed by atoms with Crippen molar-refractivity contribution in [3.8, 4) is 39.1 Å². The van der Waals surface area contributed by atoms with E-state index >= 15 is 0 Å². The minimum atomic E-state index is 0.690. The summed E-state index contributed by atoms with van der Waals surface area (Å²) in [5.74, 6) is 0. The van der Waals surface area contributed by atoms with E-state index in [-0.39, 0.29) is 0 Å². The second-order valence-electron chi connectivity index (χ2n) is 12.1. The van der Waals surface area contributed by atoms with Crippen LogP contribution in [0, 0.1) is 0 Å². The molecule has 0 spiro atoms. The summed E-state index contributed by atoms with van der Waals surface area (Å²) in [5, 5.41) is 2.48. The van der Waals surface area contributed by atoms with Crippen molar-refractivity contribution >= 4 is 34.2 Å². The summed E-state index contributed by atoms with van der Waals surface area (Å²) < 4.78 is 2.44. The Morgan fingerprint density at radius 3 is 1.96 bits per heavy atom. The van der Waals surface area contributed by atoms with Gasteiger partial charge in [-0.05, 0) is 102 Å². The predicted molar refractivity (Wildman–Crippen MR) is 205 cm³/mol. The highest BCUT2D eigenvalue weighted by atomic mass is 15.2. The van der Waals surface area contributed by atoms with Crippen LogP contribution in [0.3, 0.4) is 0 Å². The zero-order valence-electron chi connectivity index (χ0n) is 27.0. The molecule has 7 aromatic rings. The van der Waals surface area contributed by atoms with E-state index in [0.717, 1.165) is 22.8 Å². The summed E-state index contributed by atoms with van der Waals surface area (Å²) in [6.07, 6.45) is 5.93. The van der Waals surface area contributed by atoms with Gasteiger partial charge in [0.25, 0.3) is 0 Å². The van der Waals surface area contributed by atoms with E-state index in [9.17, 15) is 0 Å². The Balaban J connectivity index is 1.41. The average Bonchev–Trinajstić information content (AvgIpc) is 3.47. The van der Waals surface area contributed by atoms with Crippen LogP contribution in [0.5, 0.6) is 0 Å². The van der Waals surface area contributed by atoms with Crippen molar-refractivity contribution in [3.05, 3.63) is 181 Å². The molecule has 0 bridgehead atoms. The summed E-state index contributed by atoms with van der Waals surface area (Å²) >= 11 is 0. The lowest BCUT2D eigenvalue weighted by Crippen LogP contribution is -2.26. The number of anilines is 1. The highest BCUT2D eigenvalue weighted by Crippen LogP contribution is 2.45. The lowest BCUT2D eigenvalue weighted by molar-refractivity contribution is 0.911. The van der Waals surface area contributed by atoms with Crippen LogP contribution in [0.15, 0.2) is 181 Å². The number of hydrogen-bond donors (Lipinski definition) is 0. The molecule has 0 saturated carbocycles. The molecule has 0 saturated heterocycles. The molecule has 230 valence electrons. The summed E-state index contributed by atoms with van der Waals surface area (Å²) in [5.41, 5.74) is 14.8. The van der Waals surface area contributed by atoms with Crippen molar-refractivity contribution in [2.75, 3.05) is 4.90 Å². The van der Waals surface area contributed by atoms with E-state index in [2.05, 4.69) is 173 Å². The lowest BCUT2D eigenvalue weighted by Gasteiger charge is -2.34. The maximum Gasteiger partial charge on any atom is 0.0853 e. The molecule has 0 aliphatic carbocycles. The number of benzene rings is 6. The van der Waals surface area contributed by atoms with Crippen molar-refractivity contribution in [1.82, 2.24) is 4.57 Å². The number of fused-ring (bicyclic) bond motifs is 6. The number of aromatic nitrogens is 1. The first-order chi connectivity index (χ1) is 23.7. The van der Waals surface area contributed by atoms with E-state index in [0.29, 0.717) is 6.54 Å². The second kappa shape index (κ2) is 12.2. The van der Waals surface area contributed by atoms with Crippen molar-refractivity contribution in [2.45, 2.75) is 13.5 Å². The third-order valence-corrected chi connectivity index (χ3v) is 9.34. The molecule has 0 radical (unpaired) electrons. The van der Waals surface area contributed by atoms with E-state index in [1.54, 1.807) is 6.08 Å². The molecule has 0 amide bonds.